The fraction of sp³-hybridized carbons (Fsp3) is 0. The molecule has 0 heterocycles. The van der Waals surface area contributed by atoms with Gasteiger partial charge in [-0.1, -0.05) is 11.6 Å². The number of phenols is 1. The summed E-state index contributed by atoms with van der Waals surface area (Å²) in [5.41, 5.74) is 10.7. The maximum atomic E-state index is 10.4. The molecular weight excluding hydrogens is 194 g/mol. The number of carbonyl (C=O) groups excluding carboxylic acids is 1. The number of aromatic hydroxyl groups is 1. The van der Waals surface area contributed by atoms with E-state index in [1.807, 2.05) is 0 Å². The van der Waals surface area contributed by atoms with Crippen LogP contribution in [0, 0.1) is 0 Å². The summed E-state index contributed by atoms with van der Waals surface area (Å²) in [5, 5.41) is 11.5. The Bertz CT molecular complexity index is 331. The van der Waals surface area contributed by atoms with Crippen LogP contribution in [0.2, 0.25) is 5.02 Å². The van der Waals surface area contributed by atoms with Crippen LogP contribution in [-0.2, 0) is 0 Å². The van der Waals surface area contributed by atoms with E-state index in [0.717, 1.165) is 0 Å². The second-order valence-electron chi connectivity index (χ2n) is 2.39. The number of hydrogen-bond donors (Lipinski definition) is 4. The number of nitrogens with two attached hydrogens (primary N) is 2. The fourth-order valence-electron chi connectivity index (χ4n) is 0.835. The van der Waals surface area contributed by atoms with Gasteiger partial charge >= 0.3 is 6.03 Å². The third-order valence-corrected chi connectivity index (χ3v) is 1.65. The first-order valence-electron chi connectivity index (χ1n) is 3.35. The van der Waals surface area contributed by atoms with Gasteiger partial charge in [0.25, 0.3) is 0 Å². The SMILES string of the molecule is NC(=O)Nc1cc(N)c(O)c(Cl)c1. The standard InChI is InChI=1S/C7H8ClN3O2/c8-4-1-3(11-7(10)13)2-5(9)6(4)12/h1-2,12H,9H2,(H3,10,11,13). The average molecular weight is 202 g/mol. The van der Waals surface area contributed by atoms with E-state index >= 15 is 0 Å². The van der Waals surface area contributed by atoms with Crippen LogP contribution in [0.5, 0.6) is 5.75 Å². The van der Waals surface area contributed by atoms with Gasteiger partial charge in [-0.3, -0.25) is 0 Å². The normalized spacial score (nSPS) is 9.62. The molecule has 0 unspecified atom stereocenters. The third kappa shape index (κ3) is 2.16. The molecule has 13 heavy (non-hydrogen) atoms. The molecule has 6 heteroatoms. The molecule has 1 aromatic rings. The molecule has 0 spiro atoms. The number of hydrogen-bond acceptors (Lipinski definition) is 3. The number of halogens is 1. The molecule has 0 fully saturated rings. The fourth-order valence-corrected chi connectivity index (χ4v) is 1.06. The van der Waals surface area contributed by atoms with Gasteiger partial charge in [0.2, 0.25) is 0 Å². The quantitative estimate of drug-likeness (QED) is 0.311. The van der Waals surface area contributed by atoms with Crippen LogP contribution in [-0.4, -0.2) is 11.1 Å². The Morgan fingerprint density at radius 1 is 1.54 bits per heavy atom. The van der Waals surface area contributed by atoms with Crippen LogP contribution < -0.4 is 16.8 Å². The van der Waals surface area contributed by atoms with Gasteiger partial charge in [-0.25, -0.2) is 4.79 Å². The molecule has 0 saturated heterocycles. The van der Waals surface area contributed by atoms with Crippen LogP contribution in [0.4, 0.5) is 16.2 Å². The predicted octanol–water partition coefficient (Wildman–Crippen LogP) is 1.12. The van der Waals surface area contributed by atoms with Crippen LogP contribution in [0.25, 0.3) is 0 Å². The van der Waals surface area contributed by atoms with Crippen molar-refractivity contribution in [2.75, 3.05) is 11.1 Å². The number of benzene rings is 1. The molecular formula is C7H8ClN3O2. The number of carbonyl (C=O) groups is 1. The molecule has 0 aliphatic heterocycles. The summed E-state index contributed by atoms with van der Waals surface area (Å²) in [6.07, 6.45) is 0. The van der Waals surface area contributed by atoms with Crippen LogP contribution in [0.15, 0.2) is 12.1 Å². The van der Waals surface area contributed by atoms with E-state index in [9.17, 15) is 4.79 Å². The number of rotatable bonds is 1. The Labute approximate surface area is 79.3 Å². The summed E-state index contributed by atoms with van der Waals surface area (Å²) < 4.78 is 0. The van der Waals surface area contributed by atoms with Gasteiger partial charge in [0, 0.05) is 5.69 Å². The molecule has 6 N–H and O–H groups in total. The second-order valence-corrected chi connectivity index (χ2v) is 2.79. The van der Waals surface area contributed by atoms with Gasteiger partial charge in [-0.2, -0.15) is 0 Å². The van der Waals surface area contributed by atoms with Gasteiger partial charge in [-0.05, 0) is 12.1 Å². The highest BCUT2D eigenvalue weighted by Crippen LogP contribution is 2.32. The largest absolute Gasteiger partial charge is 0.504 e. The number of nitrogen functional groups attached to an aromatic ring is 1. The topological polar surface area (TPSA) is 101 Å². The molecule has 2 amide bonds. The Kier molecular flexibility index (Phi) is 2.48. The Hall–Kier alpha value is -1.62. The minimum Gasteiger partial charge on any atom is -0.504 e. The van der Waals surface area contributed by atoms with E-state index in [2.05, 4.69) is 5.32 Å². The number of primary amides is 1. The summed E-state index contributed by atoms with van der Waals surface area (Å²) in [4.78, 5) is 10.4. The molecule has 0 aliphatic carbocycles. The number of amides is 2. The number of phenolic OH excluding ortho intramolecular Hbond substituents is 1. The van der Waals surface area contributed by atoms with Crippen LogP contribution in [0.3, 0.4) is 0 Å². The molecule has 0 saturated carbocycles. The van der Waals surface area contributed by atoms with Gasteiger partial charge in [0.15, 0.2) is 5.75 Å². The first-order chi connectivity index (χ1) is 6.00. The van der Waals surface area contributed by atoms with Crippen LogP contribution in [0.1, 0.15) is 0 Å². The van der Waals surface area contributed by atoms with Gasteiger partial charge < -0.3 is 21.9 Å². The van der Waals surface area contributed by atoms with Crippen LogP contribution >= 0.6 is 11.6 Å². The molecule has 70 valence electrons. The molecule has 0 aromatic heterocycles. The molecule has 5 nitrogen and oxygen atoms in total. The summed E-state index contributed by atoms with van der Waals surface area (Å²) in [5.74, 6) is -0.211. The lowest BCUT2D eigenvalue weighted by molar-refractivity contribution is 0.259. The van der Waals surface area contributed by atoms with Crippen molar-refractivity contribution in [2.24, 2.45) is 5.73 Å². The van der Waals surface area contributed by atoms with E-state index in [-0.39, 0.29) is 16.5 Å². The Balaban J connectivity index is 3.06. The first kappa shape index (κ1) is 9.47. The minimum atomic E-state index is -0.721. The smallest absolute Gasteiger partial charge is 0.316 e. The first-order valence-corrected chi connectivity index (χ1v) is 3.73. The monoisotopic (exact) mass is 201 g/mol. The molecule has 1 aromatic carbocycles. The lowest BCUT2D eigenvalue weighted by atomic mass is 10.2. The summed E-state index contributed by atoms with van der Waals surface area (Å²) >= 11 is 5.58. The molecule has 0 bridgehead atoms. The van der Waals surface area contributed by atoms with E-state index in [0.29, 0.717) is 5.69 Å². The maximum Gasteiger partial charge on any atom is 0.316 e. The molecule has 0 aliphatic rings. The van der Waals surface area contributed by atoms with Crippen molar-refractivity contribution in [3.63, 3.8) is 0 Å². The number of urea groups is 1. The van der Waals surface area contributed by atoms with Crippen molar-refractivity contribution in [1.29, 1.82) is 0 Å². The van der Waals surface area contributed by atoms with Gasteiger partial charge in [0.05, 0.1) is 10.7 Å². The lowest BCUT2D eigenvalue weighted by Crippen LogP contribution is -2.19. The lowest BCUT2D eigenvalue weighted by Gasteiger charge is -2.05. The highest BCUT2D eigenvalue weighted by Gasteiger charge is 2.06. The number of nitrogens with one attached hydrogen (secondary N) is 1. The predicted molar refractivity (Wildman–Crippen MR) is 50.7 cm³/mol. The summed E-state index contributed by atoms with van der Waals surface area (Å²) in [6, 6.07) is 1.98. The summed E-state index contributed by atoms with van der Waals surface area (Å²) in [6.45, 7) is 0. The van der Waals surface area contributed by atoms with E-state index < -0.39 is 6.03 Å². The van der Waals surface area contributed by atoms with Crippen molar-refractivity contribution < 1.29 is 9.90 Å². The third-order valence-electron chi connectivity index (χ3n) is 1.36. The maximum absolute atomic E-state index is 10.4. The van der Waals surface area contributed by atoms with Crippen molar-refractivity contribution >= 4 is 29.0 Å². The van der Waals surface area contributed by atoms with Crippen molar-refractivity contribution in [1.82, 2.24) is 0 Å². The van der Waals surface area contributed by atoms with Crippen molar-refractivity contribution in [3.05, 3.63) is 17.2 Å². The minimum absolute atomic E-state index is 0.0590. The highest BCUT2D eigenvalue weighted by atomic mass is 35.5. The average Bonchev–Trinajstić information content (AvgIpc) is 1.98. The zero-order valence-electron chi connectivity index (χ0n) is 6.54. The zero-order chi connectivity index (χ0) is 10.0. The second kappa shape index (κ2) is 3.40. The van der Waals surface area contributed by atoms with Crippen molar-refractivity contribution in [2.45, 2.75) is 0 Å². The van der Waals surface area contributed by atoms with Crippen molar-refractivity contribution in [3.8, 4) is 5.75 Å². The Morgan fingerprint density at radius 3 is 2.62 bits per heavy atom. The van der Waals surface area contributed by atoms with E-state index in [4.69, 9.17) is 28.2 Å². The zero-order valence-corrected chi connectivity index (χ0v) is 7.30. The van der Waals surface area contributed by atoms with E-state index in [1.54, 1.807) is 0 Å². The van der Waals surface area contributed by atoms with E-state index in [1.165, 1.54) is 12.1 Å². The van der Waals surface area contributed by atoms with Gasteiger partial charge in [-0.15, -0.1) is 0 Å². The Morgan fingerprint density at radius 2 is 2.15 bits per heavy atom. The van der Waals surface area contributed by atoms with Gasteiger partial charge in [0.1, 0.15) is 0 Å². The molecule has 0 atom stereocenters. The number of anilines is 2. The molecule has 1 rings (SSSR count). The molecule has 0 radical (unpaired) electrons. The summed E-state index contributed by atoms with van der Waals surface area (Å²) in [7, 11) is 0. The highest BCUT2D eigenvalue weighted by molar-refractivity contribution is 6.32.